The van der Waals surface area contributed by atoms with Crippen LogP contribution < -0.4 is 15.5 Å². The topological polar surface area (TPSA) is 132 Å². The number of hydrogen-bond acceptors (Lipinski definition) is 10. The van der Waals surface area contributed by atoms with E-state index in [2.05, 4.69) is 22.8 Å². The summed E-state index contributed by atoms with van der Waals surface area (Å²) in [7, 11) is 0. The molecule has 10 nitrogen and oxygen atoms in total. The van der Waals surface area contributed by atoms with Crippen molar-refractivity contribution in [2.24, 2.45) is 10.5 Å². The molecule has 0 aliphatic rings. The molecule has 0 unspecified atom stereocenters. The summed E-state index contributed by atoms with van der Waals surface area (Å²) in [5.41, 5.74) is 2.76. The van der Waals surface area contributed by atoms with E-state index in [0.717, 1.165) is 25.7 Å². The monoisotopic (exact) mass is 599 g/mol. The summed E-state index contributed by atoms with van der Waals surface area (Å²) >= 11 is 1.35. The van der Waals surface area contributed by atoms with Crippen LogP contribution >= 0.6 is 11.8 Å². The molecule has 1 amide bonds. The van der Waals surface area contributed by atoms with Crippen molar-refractivity contribution in [2.75, 3.05) is 42.1 Å². The van der Waals surface area contributed by atoms with Crippen molar-refractivity contribution in [3.05, 3.63) is 54.6 Å². The molecule has 2 N–H and O–H groups in total. The van der Waals surface area contributed by atoms with E-state index in [4.69, 9.17) is 14.2 Å². The van der Waals surface area contributed by atoms with Gasteiger partial charge in [-0.05, 0) is 56.7 Å². The van der Waals surface area contributed by atoms with E-state index < -0.39 is 17.1 Å². The van der Waals surface area contributed by atoms with Crippen LogP contribution in [0.1, 0.15) is 53.4 Å². The van der Waals surface area contributed by atoms with Gasteiger partial charge in [0.15, 0.2) is 11.5 Å². The second-order valence-corrected chi connectivity index (χ2v) is 11.1. The third kappa shape index (κ3) is 13.2. The molecule has 0 saturated heterocycles. The number of ketones is 1. The molecule has 0 heterocycles. The van der Waals surface area contributed by atoms with E-state index in [9.17, 15) is 19.2 Å². The minimum atomic E-state index is -0.773. The highest BCUT2D eigenvalue weighted by atomic mass is 32.2. The lowest BCUT2D eigenvalue weighted by Gasteiger charge is -2.22. The number of rotatable bonds is 19. The Hall–Kier alpha value is -3.86. The van der Waals surface area contributed by atoms with E-state index in [1.54, 1.807) is 62.4 Å². The SMILES string of the molecule is CCCCCCOC(=O)CSCC(C)(C)C(=O)OCCOc1ccc(NC(=O)/C(=N/Nc2ccccc2)C(C)=O)cc1. The Morgan fingerprint density at radius 2 is 1.57 bits per heavy atom. The number of benzene rings is 2. The number of Topliss-reactive ketones (excluding diaryl/α,β-unsaturated/α-hetero) is 1. The number of hydrazone groups is 1. The number of nitrogens with one attached hydrogen (secondary N) is 2. The van der Waals surface area contributed by atoms with Crippen LogP contribution in [-0.4, -0.2) is 60.7 Å². The van der Waals surface area contributed by atoms with Crippen molar-refractivity contribution in [1.82, 2.24) is 0 Å². The van der Waals surface area contributed by atoms with Crippen LogP contribution in [0.15, 0.2) is 59.7 Å². The number of nitrogens with zero attached hydrogens (tertiary/aromatic N) is 1. The van der Waals surface area contributed by atoms with Crippen molar-refractivity contribution >= 4 is 52.5 Å². The lowest BCUT2D eigenvalue weighted by atomic mass is 9.97. The minimum Gasteiger partial charge on any atom is -0.490 e. The number of para-hydroxylation sites is 1. The third-order valence-electron chi connectivity index (χ3n) is 5.81. The van der Waals surface area contributed by atoms with Gasteiger partial charge in [-0.2, -0.15) is 5.10 Å². The van der Waals surface area contributed by atoms with Crippen molar-refractivity contribution in [3.63, 3.8) is 0 Å². The Morgan fingerprint density at radius 1 is 0.857 bits per heavy atom. The van der Waals surface area contributed by atoms with Crippen LogP contribution in [0.5, 0.6) is 5.75 Å². The number of hydrogen-bond donors (Lipinski definition) is 2. The molecule has 0 atom stereocenters. The number of carbonyl (C=O) groups excluding carboxylic acids is 4. The van der Waals surface area contributed by atoms with Crippen LogP contribution in [0.3, 0.4) is 0 Å². The van der Waals surface area contributed by atoms with Crippen molar-refractivity contribution in [1.29, 1.82) is 0 Å². The van der Waals surface area contributed by atoms with Crippen LogP contribution in [0.2, 0.25) is 0 Å². The predicted octanol–water partition coefficient (Wildman–Crippen LogP) is 5.49. The largest absolute Gasteiger partial charge is 0.490 e. The lowest BCUT2D eigenvalue weighted by molar-refractivity contribution is -0.153. The molecule has 2 rings (SSSR count). The van der Waals surface area contributed by atoms with Gasteiger partial charge in [0.05, 0.1) is 23.5 Å². The van der Waals surface area contributed by atoms with Crippen LogP contribution in [0, 0.1) is 5.41 Å². The zero-order valence-corrected chi connectivity index (χ0v) is 25.6. The van der Waals surface area contributed by atoms with Gasteiger partial charge in [-0.3, -0.25) is 24.6 Å². The van der Waals surface area contributed by atoms with Crippen molar-refractivity contribution < 1.29 is 33.4 Å². The van der Waals surface area contributed by atoms with E-state index in [1.807, 2.05) is 6.07 Å². The maximum absolute atomic E-state index is 12.6. The van der Waals surface area contributed by atoms with Gasteiger partial charge in [0.2, 0.25) is 0 Å². The molecular weight excluding hydrogens is 558 g/mol. The molecular formula is C31H41N3O7S. The molecule has 42 heavy (non-hydrogen) atoms. The Labute approximate surface area is 251 Å². The minimum absolute atomic E-state index is 0.0536. The van der Waals surface area contributed by atoms with Crippen LogP contribution in [0.4, 0.5) is 11.4 Å². The first kappa shape index (κ1) is 34.3. The molecule has 0 aliphatic carbocycles. The Balaban J connectivity index is 1.70. The van der Waals surface area contributed by atoms with Crippen LogP contribution in [0.25, 0.3) is 0 Å². The number of thioether (sulfide) groups is 1. The van der Waals surface area contributed by atoms with Crippen molar-refractivity contribution in [3.8, 4) is 5.75 Å². The standard InChI is InChI=1S/C31H41N3O7S/c1-5-6-7-11-18-40-27(36)21-42-22-31(3,4)30(38)41-20-19-39-26-16-14-24(15-17-26)32-29(37)28(23(2)35)34-33-25-12-9-8-10-13-25/h8-10,12-17,33H,5-7,11,18-22H2,1-4H3,(H,32,37)/b34-28+. The first-order chi connectivity index (χ1) is 20.1. The summed E-state index contributed by atoms with van der Waals surface area (Å²) in [4.78, 5) is 48.9. The second kappa shape index (κ2) is 18.5. The van der Waals surface area contributed by atoms with E-state index in [1.165, 1.54) is 18.7 Å². The summed E-state index contributed by atoms with van der Waals surface area (Å²) in [6.07, 6.45) is 4.18. The summed E-state index contributed by atoms with van der Waals surface area (Å²) in [5, 5.41) is 6.59. The lowest BCUT2D eigenvalue weighted by Crippen LogP contribution is -2.30. The van der Waals surface area contributed by atoms with Crippen LogP contribution in [-0.2, 0) is 28.7 Å². The number of amides is 1. The van der Waals surface area contributed by atoms with Gasteiger partial charge in [0, 0.05) is 18.4 Å². The molecule has 0 fully saturated rings. The molecule has 11 heteroatoms. The van der Waals surface area contributed by atoms with Gasteiger partial charge < -0.3 is 19.5 Å². The van der Waals surface area contributed by atoms with Gasteiger partial charge in [-0.15, -0.1) is 11.8 Å². The average molecular weight is 600 g/mol. The molecule has 0 spiro atoms. The fraction of sp³-hybridized carbons (Fsp3) is 0.452. The van der Waals surface area contributed by atoms with Gasteiger partial charge in [-0.25, -0.2) is 0 Å². The van der Waals surface area contributed by atoms with E-state index >= 15 is 0 Å². The second-order valence-electron chi connectivity index (χ2n) is 10.1. The zero-order chi connectivity index (χ0) is 30.8. The Morgan fingerprint density at radius 3 is 2.24 bits per heavy atom. The highest BCUT2D eigenvalue weighted by molar-refractivity contribution is 7.99. The summed E-state index contributed by atoms with van der Waals surface area (Å²) in [6.45, 7) is 7.56. The smallest absolute Gasteiger partial charge is 0.315 e. The van der Waals surface area contributed by atoms with Crippen molar-refractivity contribution in [2.45, 2.75) is 53.4 Å². The van der Waals surface area contributed by atoms with Gasteiger partial charge in [0.25, 0.3) is 5.91 Å². The number of anilines is 2. The summed E-state index contributed by atoms with van der Waals surface area (Å²) in [6, 6.07) is 15.5. The van der Waals surface area contributed by atoms with E-state index in [-0.39, 0.29) is 36.6 Å². The molecule has 0 aliphatic heterocycles. The molecule has 228 valence electrons. The summed E-state index contributed by atoms with van der Waals surface area (Å²) < 4.78 is 16.2. The van der Waals surface area contributed by atoms with Gasteiger partial charge >= 0.3 is 11.9 Å². The fourth-order valence-corrected chi connectivity index (χ4v) is 4.42. The number of esters is 2. The first-order valence-electron chi connectivity index (χ1n) is 14.0. The quantitative estimate of drug-likeness (QED) is 0.0707. The molecule has 0 bridgehead atoms. The normalized spacial score (nSPS) is 11.4. The average Bonchev–Trinajstić information content (AvgIpc) is 2.96. The molecule has 0 aromatic heterocycles. The first-order valence-corrected chi connectivity index (χ1v) is 15.1. The highest BCUT2D eigenvalue weighted by Gasteiger charge is 2.29. The molecule has 0 saturated carbocycles. The number of carbonyl (C=O) groups is 4. The number of unbranched alkanes of at least 4 members (excludes halogenated alkanes) is 3. The maximum atomic E-state index is 12.6. The third-order valence-corrected chi connectivity index (χ3v) is 7.18. The molecule has 2 aromatic carbocycles. The van der Waals surface area contributed by atoms with Gasteiger partial charge in [-0.1, -0.05) is 44.4 Å². The molecule has 0 radical (unpaired) electrons. The predicted molar refractivity (Wildman–Crippen MR) is 166 cm³/mol. The maximum Gasteiger partial charge on any atom is 0.315 e. The van der Waals surface area contributed by atoms with Gasteiger partial charge in [0.1, 0.15) is 19.0 Å². The fourth-order valence-electron chi connectivity index (χ4n) is 3.44. The number of ether oxygens (including phenoxy) is 3. The molecule has 2 aromatic rings. The highest BCUT2D eigenvalue weighted by Crippen LogP contribution is 2.24. The zero-order valence-electron chi connectivity index (χ0n) is 24.8. The summed E-state index contributed by atoms with van der Waals surface area (Å²) in [5.74, 6) is -0.658. The Bertz CT molecular complexity index is 1180. The van der Waals surface area contributed by atoms with E-state index in [0.29, 0.717) is 29.5 Å². The Kier molecular flexibility index (Phi) is 15.2.